The third-order valence-corrected chi connectivity index (χ3v) is 9.80. The van der Waals surface area contributed by atoms with E-state index in [-0.39, 0.29) is 64.5 Å². The monoisotopic (exact) mass is 576 g/mol. The van der Waals surface area contributed by atoms with Gasteiger partial charge in [0.15, 0.2) is 23.0 Å². The van der Waals surface area contributed by atoms with Gasteiger partial charge in [-0.2, -0.15) is 0 Å². The molecule has 2 aromatic rings. The van der Waals surface area contributed by atoms with E-state index in [2.05, 4.69) is 11.8 Å². The molecule has 2 aromatic carbocycles. The van der Waals surface area contributed by atoms with Gasteiger partial charge < -0.3 is 34.3 Å². The van der Waals surface area contributed by atoms with Crippen LogP contribution in [-0.2, 0) is 20.7 Å². The fraction of sp³-hybridized carbons (Fsp3) is 0.559. The Morgan fingerprint density at radius 2 is 1.95 bits per heavy atom. The second kappa shape index (κ2) is 11.6. The number of ether oxygens (including phenoxy) is 4. The summed E-state index contributed by atoms with van der Waals surface area (Å²) in [5.41, 5.74) is 1.76. The average molecular weight is 577 g/mol. The number of aromatic hydroxyl groups is 3. The molecule has 8 nitrogen and oxygen atoms in total. The number of fused-ring (bicyclic) bond motifs is 6. The Morgan fingerprint density at radius 3 is 2.76 bits per heavy atom. The van der Waals surface area contributed by atoms with E-state index in [1.807, 2.05) is 12.1 Å². The van der Waals surface area contributed by atoms with Gasteiger partial charge in [0.1, 0.15) is 6.10 Å². The fourth-order valence-corrected chi connectivity index (χ4v) is 7.75. The molecule has 0 amide bonds. The van der Waals surface area contributed by atoms with Crippen molar-refractivity contribution < 1.29 is 39.1 Å². The summed E-state index contributed by atoms with van der Waals surface area (Å²) in [6, 6.07) is 8.64. The average Bonchev–Trinajstić information content (AvgIpc) is 3.55. The third-order valence-electron chi connectivity index (χ3n) is 9.80. The summed E-state index contributed by atoms with van der Waals surface area (Å²) in [6.45, 7) is 1.41. The minimum atomic E-state index is -0.494. The van der Waals surface area contributed by atoms with E-state index < -0.39 is 6.10 Å². The van der Waals surface area contributed by atoms with Crippen LogP contribution in [0.25, 0.3) is 0 Å². The molecule has 7 atom stereocenters. The topological polar surface area (TPSA) is 115 Å². The first-order chi connectivity index (χ1) is 20.2. The van der Waals surface area contributed by atoms with Crippen molar-refractivity contribution in [1.29, 1.82) is 0 Å². The zero-order chi connectivity index (χ0) is 29.4. The molecule has 6 bridgehead atoms. The molecule has 3 N–H and O–H groups in total. The largest absolute Gasteiger partial charge is 0.504 e. The molecule has 0 radical (unpaired) electrons. The Kier molecular flexibility index (Phi) is 7.89. The van der Waals surface area contributed by atoms with Crippen LogP contribution in [0.2, 0.25) is 0 Å². The normalized spacial score (nSPS) is 31.9. The molecular weight excluding hydrogens is 536 g/mol. The van der Waals surface area contributed by atoms with Gasteiger partial charge in [-0.15, -0.1) is 5.92 Å². The lowest BCUT2D eigenvalue weighted by Gasteiger charge is -2.39. The van der Waals surface area contributed by atoms with Crippen LogP contribution in [0.15, 0.2) is 30.3 Å². The number of carbonyl (C=O) groups excluding carboxylic acids is 1. The van der Waals surface area contributed by atoms with E-state index in [4.69, 9.17) is 18.9 Å². The zero-order valence-electron chi connectivity index (χ0n) is 24.3. The van der Waals surface area contributed by atoms with Crippen molar-refractivity contribution >= 4 is 5.97 Å². The third kappa shape index (κ3) is 5.72. The summed E-state index contributed by atoms with van der Waals surface area (Å²) >= 11 is 0. The highest BCUT2D eigenvalue weighted by Gasteiger charge is 2.48. The van der Waals surface area contributed by atoms with E-state index >= 15 is 0 Å². The van der Waals surface area contributed by atoms with Gasteiger partial charge in [0, 0.05) is 38.0 Å². The molecule has 2 aliphatic carbocycles. The SMILES string of the molecule is COc1cc(CC2CC#CC3CCCC34CCC(C4)Oc3cc(cc(O)c3O)C3CC(OC(C)=O)CC2O3)ccc1O. The molecule has 7 unspecified atom stereocenters. The Bertz CT molecular complexity index is 1390. The second-order valence-corrected chi connectivity index (χ2v) is 12.5. The van der Waals surface area contributed by atoms with Gasteiger partial charge in [-0.3, -0.25) is 4.79 Å². The van der Waals surface area contributed by atoms with E-state index in [0.29, 0.717) is 37.0 Å². The van der Waals surface area contributed by atoms with E-state index in [1.54, 1.807) is 12.1 Å². The Hall–Kier alpha value is -3.57. The second-order valence-electron chi connectivity index (χ2n) is 12.5. The van der Waals surface area contributed by atoms with Crippen molar-refractivity contribution in [1.82, 2.24) is 0 Å². The summed E-state index contributed by atoms with van der Waals surface area (Å²) < 4.78 is 24.2. The smallest absolute Gasteiger partial charge is 0.302 e. The van der Waals surface area contributed by atoms with E-state index in [1.165, 1.54) is 20.1 Å². The Balaban J connectivity index is 1.41. The van der Waals surface area contributed by atoms with Crippen LogP contribution in [0.4, 0.5) is 0 Å². The summed E-state index contributed by atoms with van der Waals surface area (Å²) in [5, 5.41) is 31.6. The number of carbonyl (C=O) groups is 1. The summed E-state index contributed by atoms with van der Waals surface area (Å²) in [7, 11) is 1.53. The van der Waals surface area contributed by atoms with Crippen molar-refractivity contribution in [3.05, 3.63) is 41.5 Å². The number of phenolic OH excluding ortho intramolecular Hbond substituents is 3. The molecule has 1 saturated heterocycles. The Morgan fingerprint density at radius 1 is 1.10 bits per heavy atom. The van der Waals surface area contributed by atoms with Crippen LogP contribution >= 0.6 is 0 Å². The fourth-order valence-electron chi connectivity index (χ4n) is 7.75. The zero-order valence-corrected chi connectivity index (χ0v) is 24.3. The molecule has 8 heteroatoms. The first-order valence-corrected chi connectivity index (χ1v) is 15.1. The van der Waals surface area contributed by atoms with Crippen molar-refractivity contribution in [2.45, 2.75) is 95.5 Å². The van der Waals surface area contributed by atoms with Crippen LogP contribution in [0.3, 0.4) is 0 Å². The Labute approximate surface area is 246 Å². The lowest BCUT2D eigenvalue weighted by Crippen LogP contribution is -2.39. The quantitative estimate of drug-likeness (QED) is 0.233. The summed E-state index contributed by atoms with van der Waals surface area (Å²) in [5.74, 6) is 7.33. The van der Waals surface area contributed by atoms with Gasteiger partial charge in [0.2, 0.25) is 5.75 Å². The number of hydrogen-bond donors (Lipinski definition) is 3. The van der Waals surface area contributed by atoms with Crippen molar-refractivity contribution in [2.75, 3.05) is 7.11 Å². The minimum absolute atomic E-state index is 0.0344. The van der Waals surface area contributed by atoms with Gasteiger partial charge in [-0.25, -0.2) is 0 Å². The molecule has 6 rings (SSSR count). The maximum Gasteiger partial charge on any atom is 0.302 e. The molecule has 3 fully saturated rings. The molecule has 2 heterocycles. The maximum atomic E-state index is 12.0. The minimum Gasteiger partial charge on any atom is -0.504 e. The number of esters is 1. The van der Waals surface area contributed by atoms with Crippen LogP contribution in [0.5, 0.6) is 28.7 Å². The van der Waals surface area contributed by atoms with Gasteiger partial charge >= 0.3 is 5.97 Å². The van der Waals surface area contributed by atoms with Gasteiger partial charge in [-0.1, -0.05) is 18.4 Å². The van der Waals surface area contributed by atoms with E-state index in [9.17, 15) is 20.1 Å². The number of hydrogen-bond acceptors (Lipinski definition) is 8. The van der Waals surface area contributed by atoms with Crippen LogP contribution in [0, 0.1) is 29.1 Å². The molecule has 224 valence electrons. The molecule has 4 aliphatic rings. The van der Waals surface area contributed by atoms with Crippen LogP contribution in [0.1, 0.15) is 81.9 Å². The first-order valence-electron chi connectivity index (χ1n) is 15.1. The highest BCUT2D eigenvalue weighted by atomic mass is 16.6. The number of rotatable bonds is 4. The lowest BCUT2D eigenvalue weighted by atomic mass is 9.76. The van der Waals surface area contributed by atoms with Gasteiger partial charge in [-0.05, 0) is 79.3 Å². The highest BCUT2D eigenvalue weighted by Crippen LogP contribution is 2.55. The maximum absolute atomic E-state index is 12.0. The summed E-state index contributed by atoms with van der Waals surface area (Å²) in [4.78, 5) is 12.0. The van der Waals surface area contributed by atoms with E-state index in [0.717, 1.165) is 44.1 Å². The van der Waals surface area contributed by atoms with Gasteiger partial charge in [0.25, 0.3) is 0 Å². The molecule has 2 saturated carbocycles. The lowest BCUT2D eigenvalue weighted by molar-refractivity contribution is -0.164. The molecule has 2 aliphatic heterocycles. The summed E-state index contributed by atoms with van der Waals surface area (Å²) in [6.07, 6.45) is 7.04. The predicted molar refractivity (Wildman–Crippen MR) is 154 cm³/mol. The van der Waals surface area contributed by atoms with Crippen LogP contribution in [-0.4, -0.2) is 46.7 Å². The van der Waals surface area contributed by atoms with Crippen LogP contribution < -0.4 is 9.47 Å². The number of benzene rings is 2. The van der Waals surface area contributed by atoms with Crippen molar-refractivity contribution in [3.63, 3.8) is 0 Å². The number of phenols is 3. The highest BCUT2D eigenvalue weighted by molar-refractivity contribution is 5.66. The first kappa shape index (κ1) is 28.5. The van der Waals surface area contributed by atoms with Crippen molar-refractivity contribution in [2.24, 2.45) is 17.3 Å². The van der Waals surface area contributed by atoms with Gasteiger partial charge in [0.05, 0.1) is 25.4 Å². The number of methoxy groups -OCH3 is 1. The molecule has 42 heavy (non-hydrogen) atoms. The molecule has 0 aromatic heterocycles. The predicted octanol–water partition coefficient (Wildman–Crippen LogP) is 5.95. The molecule has 1 spiro atoms. The molecular formula is C34H40O8. The standard InChI is InChI=1S/C34H40O8/c1-20(35)40-26-17-29-22(13-21-8-9-27(36)31(14-21)39-2)5-3-6-24-7-4-11-34(24)12-10-25(19-34)41-32-16-23(30(18-26)42-29)15-28(37)33(32)38/h8-9,14-16,22,24-26,29-30,36-38H,4-5,7,10-13,17-19H2,1-2H3. The van der Waals surface area contributed by atoms with Crippen molar-refractivity contribution in [3.8, 4) is 40.6 Å².